The van der Waals surface area contributed by atoms with E-state index in [-0.39, 0.29) is 5.75 Å². The lowest BCUT2D eigenvalue weighted by atomic mass is 9.92. The van der Waals surface area contributed by atoms with Crippen LogP contribution in [0.2, 0.25) is 0 Å². The number of nitrogens with zero attached hydrogens (tertiary/aromatic N) is 2. The summed E-state index contributed by atoms with van der Waals surface area (Å²) in [4.78, 5) is 25.0. The number of carbonyl (C=O) groups excluding carboxylic acids is 2. The highest BCUT2D eigenvalue weighted by molar-refractivity contribution is 6.07. The monoisotopic (exact) mass is 367 g/mol. The van der Waals surface area contributed by atoms with Gasteiger partial charge in [-0.25, -0.2) is 4.79 Å². The Balaban J connectivity index is 1.79. The van der Waals surface area contributed by atoms with Crippen LogP contribution in [0, 0.1) is 0 Å². The molecule has 0 radical (unpaired) electrons. The smallest absolute Gasteiger partial charge is 0.346 e. The van der Waals surface area contributed by atoms with Crippen molar-refractivity contribution in [3.63, 3.8) is 0 Å². The summed E-state index contributed by atoms with van der Waals surface area (Å²) in [6.07, 6.45) is 2.13. The van der Waals surface area contributed by atoms with Crippen LogP contribution >= 0.6 is 0 Å². The summed E-state index contributed by atoms with van der Waals surface area (Å²) in [5, 5.41) is 17.5. The van der Waals surface area contributed by atoms with Gasteiger partial charge >= 0.3 is 6.03 Å². The standard InChI is InChI=1S/C20H21N3O4/c1-3-11-27-16-10-9-14(17(24)12-16)13-21-23-18(25)20(2,22-19(23)26)15-7-5-4-6-8-15/h4-10,12-13,24H,3,11H2,1-2H3,(H,22,26)/b21-13+/t20-/m1/s1. The Kier molecular flexibility index (Phi) is 5.12. The molecule has 1 saturated heterocycles. The molecule has 3 rings (SSSR count). The zero-order chi connectivity index (χ0) is 19.4. The summed E-state index contributed by atoms with van der Waals surface area (Å²) in [5.41, 5.74) is -0.149. The molecule has 27 heavy (non-hydrogen) atoms. The molecule has 0 spiro atoms. The van der Waals surface area contributed by atoms with Gasteiger partial charge in [-0.05, 0) is 31.0 Å². The lowest BCUT2D eigenvalue weighted by Gasteiger charge is -2.20. The van der Waals surface area contributed by atoms with Gasteiger partial charge in [0.25, 0.3) is 5.91 Å². The molecule has 0 unspecified atom stereocenters. The number of aromatic hydroxyl groups is 1. The molecule has 1 atom stereocenters. The summed E-state index contributed by atoms with van der Waals surface area (Å²) >= 11 is 0. The molecule has 0 aromatic heterocycles. The molecule has 7 nitrogen and oxygen atoms in total. The minimum Gasteiger partial charge on any atom is -0.507 e. The van der Waals surface area contributed by atoms with Crippen molar-refractivity contribution in [3.05, 3.63) is 59.7 Å². The zero-order valence-corrected chi connectivity index (χ0v) is 15.2. The summed E-state index contributed by atoms with van der Waals surface area (Å²) in [6, 6.07) is 13.1. The number of urea groups is 1. The summed E-state index contributed by atoms with van der Waals surface area (Å²) in [7, 11) is 0. The van der Waals surface area contributed by atoms with E-state index in [2.05, 4.69) is 10.4 Å². The van der Waals surface area contributed by atoms with E-state index in [0.717, 1.165) is 11.4 Å². The highest BCUT2D eigenvalue weighted by Gasteiger charge is 2.49. The van der Waals surface area contributed by atoms with Gasteiger partial charge in [-0.2, -0.15) is 5.10 Å². The minimum atomic E-state index is -1.18. The number of carbonyl (C=O) groups is 2. The van der Waals surface area contributed by atoms with Crippen molar-refractivity contribution in [2.75, 3.05) is 6.61 Å². The van der Waals surface area contributed by atoms with Crippen molar-refractivity contribution in [1.29, 1.82) is 0 Å². The Hall–Kier alpha value is -3.35. The van der Waals surface area contributed by atoms with Crippen molar-refractivity contribution < 1.29 is 19.4 Å². The molecule has 0 bridgehead atoms. The SMILES string of the molecule is CCCOc1ccc(/C=N/N2C(=O)N[C@](C)(c3ccccc3)C2=O)c(O)c1. The molecule has 140 valence electrons. The van der Waals surface area contributed by atoms with Gasteiger partial charge in [0.05, 0.1) is 12.8 Å². The largest absolute Gasteiger partial charge is 0.507 e. The quantitative estimate of drug-likeness (QED) is 0.606. The zero-order valence-electron chi connectivity index (χ0n) is 15.2. The Morgan fingerprint density at radius 3 is 2.63 bits per heavy atom. The van der Waals surface area contributed by atoms with Crippen LogP contribution in [0.3, 0.4) is 0 Å². The maximum atomic E-state index is 12.8. The number of imide groups is 1. The number of phenolic OH excluding ortho intramolecular Hbond substituents is 1. The first-order chi connectivity index (χ1) is 13.0. The molecule has 0 aliphatic carbocycles. The fraction of sp³-hybridized carbons (Fsp3) is 0.250. The average Bonchev–Trinajstić information content (AvgIpc) is 2.90. The number of benzene rings is 2. The van der Waals surface area contributed by atoms with Crippen LogP contribution in [0.1, 0.15) is 31.4 Å². The van der Waals surface area contributed by atoms with E-state index in [1.54, 1.807) is 43.3 Å². The van der Waals surface area contributed by atoms with Gasteiger partial charge < -0.3 is 15.2 Å². The average molecular weight is 367 g/mol. The molecule has 7 heteroatoms. The van der Waals surface area contributed by atoms with E-state index < -0.39 is 17.5 Å². The van der Waals surface area contributed by atoms with Gasteiger partial charge in [-0.3, -0.25) is 4.79 Å². The van der Waals surface area contributed by atoms with E-state index in [0.29, 0.717) is 23.5 Å². The van der Waals surface area contributed by atoms with Crippen molar-refractivity contribution in [3.8, 4) is 11.5 Å². The third kappa shape index (κ3) is 3.62. The fourth-order valence-corrected chi connectivity index (χ4v) is 2.76. The number of hydrogen-bond acceptors (Lipinski definition) is 5. The topological polar surface area (TPSA) is 91.2 Å². The molecular weight excluding hydrogens is 346 g/mol. The summed E-state index contributed by atoms with van der Waals surface area (Å²) in [5.74, 6) is 0.000659. The van der Waals surface area contributed by atoms with Gasteiger partial charge in [-0.15, -0.1) is 5.01 Å². The molecular formula is C20H21N3O4. The number of ether oxygens (including phenoxy) is 1. The molecule has 1 aliphatic rings. The lowest BCUT2D eigenvalue weighted by molar-refractivity contribution is -0.131. The van der Waals surface area contributed by atoms with Gasteiger partial charge in [0.2, 0.25) is 0 Å². The van der Waals surface area contributed by atoms with Crippen molar-refractivity contribution >= 4 is 18.2 Å². The summed E-state index contributed by atoms with van der Waals surface area (Å²) in [6.45, 7) is 4.17. The Morgan fingerprint density at radius 1 is 1.22 bits per heavy atom. The summed E-state index contributed by atoms with van der Waals surface area (Å²) < 4.78 is 5.45. The van der Waals surface area contributed by atoms with E-state index in [1.165, 1.54) is 12.3 Å². The number of amides is 3. The number of rotatable bonds is 6. The van der Waals surface area contributed by atoms with Crippen molar-refractivity contribution in [1.82, 2.24) is 10.3 Å². The highest BCUT2D eigenvalue weighted by atomic mass is 16.5. The van der Waals surface area contributed by atoms with Crippen LogP contribution in [0.25, 0.3) is 0 Å². The van der Waals surface area contributed by atoms with E-state index in [4.69, 9.17) is 4.74 Å². The second-order valence-electron chi connectivity index (χ2n) is 6.35. The van der Waals surface area contributed by atoms with E-state index in [1.807, 2.05) is 13.0 Å². The van der Waals surface area contributed by atoms with Gasteiger partial charge in [0.1, 0.15) is 17.0 Å². The molecule has 2 N–H and O–H groups in total. The van der Waals surface area contributed by atoms with Crippen LogP contribution in [0.4, 0.5) is 4.79 Å². The molecule has 2 aromatic rings. The maximum Gasteiger partial charge on any atom is 0.346 e. The van der Waals surface area contributed by atoms with Crippen LogP contribution in [-0.4, -0.2) is 34.9 Å². The van der Waals surface area contributed by atoms with E-state index in [9.17, 15) is 14.7 Å². The van der Waals surface area contributed by atoms with Crippen molar-refractivity contribution in [2.45, 2.75) is 25.8 Å². The van der Waals surface area contributed by atoms with Crippen LogP contribution in [-0.2, 0) is 10.3 Å². The first-order valence-electron chi connectivity index (χ1n) is 8.67. The molecule has 0 saturated carbocycles. The molecule has 3 amide bonds. The predicted molar refractivity (Wildman–Crippen MR) is 101 cm³/mol. The normalized spacial score (nSPS) is 19.6. The van der Waals surface area contributed by atoms with E-state index >= 15 is 0 Å². The third-order valence-electron chi connectivity index (χ3n) is 4.31. The molecule has 2 aromatic carbocycles. The molecule has 1 aliphatic heterocycles. The number of hydrogen-bond donors (Lipinski definition) is 2. The lowest BCUT2D eigenvalue weighted by Crippen LogP contribution is -2.40. The Morgan fingerprint density at radius 2 is 1.96 bits per heavy atom. The predicted octanol–water partition coefficient (Wildman–Crippen LogP) is 2.98. The molecule has 1 fully saturated rings. The van der Waals surface area contributed by atoms with Crippen molar-refractivity contribution in [2.24, 2.45) is 5.10 Å². The first-order valence-corrected chi connectivity index (χ1v) is 8.67. The number of nitrogens with one attached hydrogen (secondary N) is 1. The van der Waals surface area contributed by atoms with Crippen LogP contribution in [0.5, 0.6) is 11.5 Å². The Labute approximate surface area is 157 Å². The third-order valence-corrected chi connectivity index (χ3v) is 4.31. The second kappa shape index (κ2) is 7.49. The van der Waals surface area contributed by atoms with Gasteiger partial charge in [-0.1, -0.05) is 37.3 Å². The molecule has 1 heterocycles. The first kappa shape index (κ1) is 18.4. The second-order valence-corrected chi connectivity index (χ2v) is 6.35. The van der Waals surface area contributed by atoms with Gasteiger partial charge in [0.15, 0.2) is 0 Å². The number of hydrazone groups is 1. The highest BCUT2D eigenvalue weighted by Crippen LogP contribution is 2.29. The van der Waals surface area contributed by atoms with Gasteiger partial charge in [0, 0.05) is 11.6 Å². The maximum absolute atomic E-state index is 12.8. The van der Waals surface area contributed by atoms with Crippen LogP contribution < -0.4 is 10.1 Å². The fourth-order valence-electron chi connectivity index (χ4n) is 2.76. The number of phenols is 1. The van der Waals surface area contributed by atoms with Crippen LogP contribution in [0.15, 0.2) is 53.6 Å². The minimum absolute atomic E-state index is 0.0507. The Bertz CT molecular complexity index is 882.